The maximum Gasteiger partial charge on any atom is 0.303 e. The Bertz CT molecular complexity index is 433. The number of carbonyl (C=O) groups is 1. The standard InChI is InChI=1S/C14H22O7/c1-7(15)17-10-9(8-6-16-13(2,3)19-8)18-12-11(10)20-14(4,5)21-12/h8-12H,6H2,1-5H3/t8-,9?,10?,11-,12-/m1/s1. The van der Waals surface area contributed by atoms with Gasteiger partial charge in [-0.2, -0.15) is 0 Å². The summed E-state index contributed by atoms with van der Waals surface area (Å²) in [5, 5.41) is 0. The number of rotatable bonds is 2. The first-order chi connectivity index (χ1) is 9.67. The van der Waals surface area contributed by atoms with Crippen LogP contribution in [0.4, 0.5) is 0 Å². The van der Waals surface area contributed by atoms with E-state index in [4.69, 9.17) is 28.4 Å². The smallest absolute Gasteiger partial charge is 0.303 e. The summed E-state index contributed by atoms with van der Waals surface area (Å²) >= 11 is 0. The van der Waals surface area contributed by atoms with Crippen LogP contribution >= 0.6 is 0 Å². The van der Waals surface area contributed by atoms with E-state index >= 15 is 0 Å². The van der Waals surface area contributed by atoms with E-state index < -0.39 is 36.2 Å². The van der Waals surface area contributed by atoms with Gasteiger partial charge in [0.05, 0.1) is 6.61 Å². The van der Waals surface area contributed by atoms with Gasteiger partial charge in [0, 0.05) is 6.92 Å². The van der Waals surface area contributed by atoms with Gasteiger partial charge in [-0.25, -0.2) is 0 Å². The van der Waals surface area contributed by atoms with Gasteiger partial charge in [-0.3, -0.25) is 4.79 Å². The minimum Gasteiger partial charge on any atom is -0.457 e. The van der Waals surface area contributed by atoms with E-state index in [2.05, 4.69) is 0 Å². The molecule has 21 heavy (non-hydrogen) atoms. The summed E-state index contributed by atoms with van der Waals surface area (Å²) in [4.78, 5) is 11.4. The first kappa shape index (κ1) is 15.2. The van der Waals surface area contributed by atoms with Crippen LogP contribution in [0.5, 0.6) is 0 Å². The molecule has 2 unspecified atom stereocenters. The molecule has 0 aromatic heterocycles. The zero-order valence-corrected chi connectivity index (χ0v) is 13.0. The third-order valence-electron chi connectivity index (χ3n) is 3.73. The van der Waals surface area contributed by atoms with E-state index in [0.717, 1.165) is 0 Å². The number of hydrogen-bond acceptors (Lipinski definition) is 7. The third-order valence-corrected chi connectivity index (χ3v) is 3.73. The van der Waals surface area contributed by atoms with E-state index in [1.54, 1.807) is 13.8 Å². The van der Waals surface area contributed by atoms with Crippen LogP contribution in [-0.2, 0) is 33.2 Å². The van der Waals surface area contributed by atoms with Gasteiger partial charge in [-0.1, -0.05) is 0 Å². The molecule has 7 nitrogen and oxygen atoms in total. The molecule has 0 saturated carbocycles. The SMILES string of the molecule is CC(=O)OC1C([C@H]2COC(C)(C)O2)O[C@@H]2OC(C)(C)O[C@H]12. The van der Waals surface area contributed by atoms with Crippen LogP contribution in [0.1, 0.15) is 34.6 Å². The maximum absolute atomic E-state index is 11.4. The lowest BCUT2D eigenvalue weighted by Gasteiger charge is -2.28. The molecule has 0 aliphatic carbocycles. The maximum atomic E-state index is 11.4. The van der Waals surface area contributed by atoms with Gasteiger partial charge in [0.1, 0.15) is 12.2 Å². The monoisotopic (exact) mass is 302 g/mol. The second-order valence-corrected chi connectivity index (χ2v) is 6.51. The predicted molar refractivity (Wildman–Crippen MR) is 69.2 cm³/mol. The Morgan fingerprint density at radius 3 is 2.33 bits per heavy atom. The summed E-state index contributed by atoms with van der Waals surface area (Å²) in [5.41, 5.74) is 0. The molecule has 3 rings (SSSR count). The Kier molecular flexibility index (Phi) is 3.53. The van der Waals surface area contributed by atoms with E-state index in [1.807, 2.05) is 13.8 Å². The molecule has 120 valence electrons. The van der Waals surface area contributed by atoms with Crippen molar-refractivity contribution < 1.29 is 33.2 Å². The molecular formula is C14H22O7. The van der Waals surface area contributed by atoms with Crippen LogP contribution in [0.2, 0.25) is 0 Å². The van der Waals surface area contributed by atoms with Crippen LogP contribution in [-0.4, -0.2) is 54.9 Å². The van der Waals surface area contributed by atoms with Crippen molar-refractivity contribution in [1.82, 2.24) is 0 Å². The van der Waals surface area contributed by atoms with Crippen LogP contribution < -0.4 is 0 Å². The highest BCUT2D eigenvalue weighted by atomic mass is 16.8. The van der Waals surface area contributed by atoms with Gasteiger partial charge in [-0.15, -0.1) is 0 Å². The summed E-state index contributed by atoms with van der Waals surface area (Å²) in [7, 11) is 0. The van der Waals surface area contributed by atoms with Crippen molar-refractivity contribution >= 4 is 5.97 Å². The Labute approximate surface area is 123 Å². The fraction of sp³-hybridized carbons (Fsp3) is 0.929. The molecule has 0 amide bonds. The molecule has 0 aromatic rings. The molecule has 5 atom stereocenters. The van der Waals surface area contributed by atoms with Crippen molar-refractivity contribution in [1.29, 1.82) is 0 Å². The van der Waals surface area contributed by atoms with Crippen LogP contribution in [0.15, 0.2) is 0 Å². The Balaban J connectivity index is 1.77. The van der Waals surface area contributed by atoms with Crippen molar-refractivity contribution in [2.24, 2.45) is 0 Å². The van der Waals surface area contributed by atoms with Gasteiger partial charge < -0.3 is 28.4 Å². The largest absolute Gasteiger partial charge is 0.457 e. The van der Waals surface area contributed by atoms with Crippen molar-refractivity contribution in [3.05, 3.63) is 0 Å². The van der Waals surface area contributed by atoms with E-state index in [-0.39, 0.29) is 12.1 Å². The molecule has 0 spiro atoms. The molecule has 3 aliphatic heterocycles. The first-order valence-corrected chi connectivity index (χ1v) is 7.17. The van der Waals surface area contributed by atoms with Gasteiger partial charge >= 0.3 is 5.97 Å². The van der Waals surface area contributed by atoms with E-state index in [9.17, 15) is 4.79 Å². The molecule has 3 fully saturated rings. The lowest BCUT2D eigenvalue weighted by Crippen LogP contribution is -2.44. The Hall–Kier alpha value is -0.730. The lowest BCUT2D eigenvalue weighted by atomic mass is 10.1. The van der Waals surface area contributed by atoms with E-state index in [0.29, 0.717) is 6.61 Å². The topological polar surface area (TPSA) is 72.5 Å². The number of carbonyl (C=O) groups excluding carboxylic acids is 1. The van der Waals surface area contributed by atoms with Gasteiger partial charge in [0.2, 0.25) is 0 Å². The van der Waals surface area contributed by atoms with Crippen LogP contribution in [0.25, 0.3) is 0 Å². The highest BCUT2D eigenvalue weighted by Crippen LogP contribution is 2.41. The normalized spacial score (nSPS) is 43.8. The van der Waals surface area contributed by atoms with E-state index in [1.165, 1.54) is 6.92 Å². The third kappa shape index (κ3) is 2.93. The van der Waals surface area contributed by atoms with Gasteiger partial charge in [0.25, 0.3) is 0 Å². The number of fused-ring (bicyclic) bond motifs is 1. The van der Waals surface area contributed by atoms with Gasteiger partial charge in [-0.05, 0) is 27.7 Å². The predicted octanol–water partition coefficient (Wildman–Crippen LogP) is 0.946. The highest BCUT2D eigenvalue weighted by Gasteiger charge is 2.59. The molecule has 0 N–H and O–H groups in total. The van der Waals surface area contributed by atoms with Crippen molar-refractivity contribution in [2.75, 3.05) is 6.61 Å². The second kappa shape index (κ2) is 4.89. The summed E-state index contributed by atoms with van der Waals surface area (Å²) in [6.45, 7) is 9.00. The number of hydrogen-bond donors (Lipinski definition) is 0. The minimum atomic E-state index is -0.759. The van der Waals surface area contributed by atoms with Crippen molar-refractivity contribution in [3.63, 3.8) is 0 Å². The number of esters is 1. The summed E-state index contributed by atoms with van der Waals surface area (Å²) in [6, 6.07) is 0. The Morgan fingerprint density at radius 2 is 1.76 bits per heavy atom. The van der Waals surface area contributed by atoms with Crippen LogP contribution in [0, 0.1) is 0 Å². The second-order valence-electron chi connectivity index (χ2n) is 6.51. The van der Waals surface area contributed by atoms with Crippen LogP contribution in [0.3, 0.4) is 0 Å². The summed E-state index contributed by atoms with van der Waals surface area (Å²) < 4.78 is 34.2. The molecule has 0 radical (unpaired) electrons. The lowest BCUT2D eigenvalue weighted by molar-refractivity contribution is -0.235. The Morgan fingerprint density at radius 1 is 1.05 bits per heavy atom. The quantitative estimate of drug-likeness (QED) is 0.703. The zero-order chi connectivity index (χ0) is 15.4. The molecule has 3 aliphatic rings. The zero-order valence-electron chi connectivity index (χ0n) is 13.0. The molecule has 3 saturated heterocycles. The summed E-state index contributed by atoms with van der Waals surface area (Å²) in [6.07, 6.45) is -2.40. The minimum absolute atomic E-state index is 0.328. The molecule has 3 heterocycles. The highest BCUT2D eigenvalue weighted by molar-refractivity contribution is 5.66. The van der Waals surface area contributed by atoms with Crippen molar-refractivity contribution in [2.45, 2.75) is 76.9 Å². The summed E-state index contributed by atoms with van der Waals surface area (Å²) in [5.74, 6) is -1.82. The fourth-order valence-corrected chi connectivity index (χ4v) is 3.01. The number of ether oxygens (including phenoxy) is 6. The molecule has 7 heteroatoms. The average Bonchev–Trinajstić information content (AvgIpc) is 2.90. The fourth-order valence-electron chi connectivity index (χ4n) is 3.01. The van der Waals surface area contributed by atoms with Crippen molar-refractivity contribution in [3.8, 4) is 0 Å². The first-order valence-electron chi connectivity index (χ1n) is 7.17. The molecule has 0 bridgehead atoms. The average molecular weight is 302 g/mol. The molecular weight excluding hydrogens is 280 g/mol. The van der Waals surface area contributed by atoms with Gasteiger partial charge in [0.15, 0.2) is 30.1 Å². The molecule has 0 aromatic carbocycles.